The third-order valence-electron chi connectivity index (χ3n) is 5.37. The van der Waals surface area contributed by atoms with E-state index < -0.39 is 5.97 Å². The highest BCUT2D eigenvalue weighted by atomic mass is 35.5. The van der Waals surface area contributed by atoms with E-state index in [4.69, 9.17) is 21.4 Å². The fourth-order valence-electron chi connectivity index (χ4n) is 3.70. The summed E-state index contributed by atoms with van der Waals surface area (Å²) in [5.41, 5.74) is 2.33. The fourth-order valence-corrected chi connectivity index (χ4v) is 3.92. The number of carboxylic acids is 1. The molecule has 1 aliphatic heterocycles. The first-order chi connectivity index (χ1) is 18.1. The number of ether oxygens (including phenoxy) is 1. The second-order valence-corrected chi connectivity index (χ2v) is 10.1. The van der Waals surface area contributed by atoms with E-state index in [1.54, 1.807) is 48.5 Å². The summed E-state index contributed by atoms with van der Waals surface area (Å²) in [5.74, 6) is 0.879. The zero-order valence-electron chi connectivity index (χ0n) is 21.2. The summed E-state index contributed by atoms with van der Waals surface area (Å²) in [6.07, 6.45) is 6.62. The van der Waals surface area contributed by atoms with Crippen molar-refractivity contribution in [2.75, 3.05) is 17.2 Å². The number of benzene rings is 2. The molecule has 1 aliphatic rings. The van der Waals surface area contributed by atoms with Crippen molar-refractivity contribution < 1.29 is 19.4 Å². The van der Waals surface area contributed by atoms with Gasteiger partial charge in [-0.05, 0) is 75.2 Å². The van der Waals surface area contributed by atoms with Crippen molar-refractivity contribution in [1.29, 1.82) is 0 Å². The Balaban J connectivity index is 1.53. The lowest BCUT2D eigenvalue weighted by Gasteiger charge is -2.20. The number of rotatable bonds is 7. The zero-order valence-corrected chi connectivity index (χ0v) is 22.0. The Morgan fingerprint density at radius 3 is 2.71 bits per heavy atom. The number of nitrogens with one attached hydrogen (secondary N) is 3. The summed E-state index contributed by atoms with van der Waals surface area (Å²) in [6, 6.07) is 12.1. The van der Waals surface area contributed by atoms with Crippen molar-refractivity contribution in [3.8, 4) is 11.5 Å². The molecule has 0 aliphatic carbocycles. The summed E-state index contributed by atoms with van der Waals surface area (Å²) in [4.78, 5) is 32.1. The second-order valence-electron chi connectivity index (χ2n) is 9.66. The Morgan fingerprint density at radius 2 is 1.97 bits per heavy atom. The van der Waals surface area contributed by atoms with Gasteiger partial charge in [0, 0.05) is 29.4 Å². The summed E-state index contributed by atoms with van der Waals surface area (Å²) < 4.78 is 5.96. The van der Waals surface area contributed by atoms with Crippen LogP contribution < -0.4 is 20.7 Å². The molecule has 0 atom stereocenters. The predicted molar refractivity (Wildman–Crippen MR) is 148 cm³/mol. The van der Waals surface area contributed by atoms with Crippen LogP contribution in [0.3, 0.4) is 0 Å². The first-order valence-electron chi connectivity index (χ1n) is 11.9. The maximum absolute atomic E-state index is 12.5. The summed E-state index contributed by atoms with van der Waals surface area (Å²) in [5, 5.41) is 18.8. The Bertz CT molecular complexity index is 1430. The van der Waals surface area contributed by atoms with Gasteiger partial charge in [-0.25, -0.2) is 14.8 Å². The number of aliphatic carboxylic acids is 1. The van der Waals surface area contributed by atoms with E-state index in [-0.39, 0.29) is 11.4 Å². The second kappa shape index (κ2) is 11.4. The monoisotopic (exact) mass is 533 g/mol. The highest BCUT2D eigenvalue weighted by Crippen LogP contribution is 2.34. The Kier molecular flexibility index (Phi) is 7.97. The van der Waals surface area contributed by atoms with E-state index in [0.717, 1.165) is 11.6 Å². The van der Waals surface area contributed by atoms with Crippen LogP contribution in [0.2, 0.25) is 5.02 Å². The van der Waals surface area contributed by atoms with Crippen LogP contribution in [0.4, 0.5) is 17.3 Å². The van der Waals surface area contributed by atoms with Crippen molar-refractivity contribution in [1.82, 2.24) is 15.3 Å². The topological polar surface area (TPSA) is 125 Å². The van der Waals surface area contributed by atoms with E-state index in [1.165, 1.54) is 6.33 Å². The number of carboxylic acid groups (broad SMARTS) is 1. The summed E-state index contributed by atoms with van der Waals surface area (Å²) in [6.45, 7) is 6.36. The van der Waals surface area contributed by atoms with Crippen LogP contribution in [0.5, 0.6) is 11.5 Å². The van der Waals surface area contributed by atoms with Gasteiger partial charge < -0.3 is 25.8 Å². The Morgan fingerprint density at radius 1 is 1.16 bits per heavy atom. The normalized spacial score (nSPS) is 13.1. The van der Waals surface area contributed by atoms with Crippen LogP contribution >= 0.6 is 11.6 Å². The standard InChI is InChI=1S/C28H28ClN5O4/c1-28(2,3)34-27(37)18-5-4-6-20(14-18)38-23-9-8-19(15-22(23)29)33-26-21-13-17(7-10-24(35)36)11-12-30-25(21)31-16-32-26/h4-10,13-16H,11-12H2,1-3H3,(H,34,37)(H,35,36)(H2,30,31,32,33)/b10-7+. The molecule has 2 heterocycles. The van der Waals surface area contributed by atoms with Crippen molar-refractivity contribution >= 4 is 46.9 Å². The number of carbonyl (C=O) groups excluding carboxylic acids is 1. The highest BCUT2D eigenvalue weighted by Gasteiger charge is 2.17. The van der Waals surface area contributed by atoms with Crippen LogP contribution in [0.1, 0.15) is 43.1 Å². The van der Waals surface area contributed by atoms with E-state index in [1.807, 2.05) is 26.8 Å². The van der Waals surface area contributed by atoms with Crippen molar-refractivity contribution in [3.63, 3.8) is 0 Å². The predicted octanol–water partition coefficient (Wildman–Crippen LogP) is 6.03. The zero-order chi connectivity index (χ0) is 27.3. The summed E-state index contributed by atoms with van der Waals surface area (Å²) >= 11 is 6.53. The maximum Gasteiger partial charge on any atom is 0.328 e. The number of allylic oxidation sites excluding steroid dienone is 1. The molecule has 0 bridgehead atoms. The van der Waals surface area contributed by atoms with Gasteiger partial charge >= 0.3 is 5.97 Å². The number of hydrogen-bond donors (Lipinski definition) is 4. The highest BCUT2D eigenvalue weighted by molar-refractivity contribution is 6.32. The Hall–Kier alpha value is -4.37. The quantitative estimate of drug-likeness (QED) is 0.271. The lowest BCUT2D eigenvalue weighted by atomic mass is 10.1. The van der Waals surface area contributed by atoms with Gasteiger partial charge in [-0.3, -0.25) is 4.79 Å². The molecular weight excluding hydrogens is 506 g/mol. The molecule has 0 spiro atoms. The van der Waals surface area contributed by atoms with E-state index >= 15 is 0 Å². The number of carbonyl (C=O) groups is 2. The van der Waals surface area contributed by atoms with Crippen molar-refractivity contribution in [2.45, 2.75) is 32.7 Å². The lowest BCUT2D eigenvalue weighted by molar-refractivity contribution is -0.131. The number of hydrogen-bond acceptors (Lipinski definition) is 7. The van der Waals surface area contributed by atoms with Gasteiger partial charge in [0.1, 0.15) is 29.5 Å². The van der Waals surface area contributed by atoms with Crippen molar-refractivity contribution in [3.05, 3.63) is 82.7 Å². The maximum atomic E-state index is 12.5. The lowest BCUT2D eigenvalue weighted by Crippen LogP contribution is -2.40. The average Bonchev–Trinajstić information content (AvgIpc) is 3.06. The van der Waals surface area contributed by atoms with Gasteiger partial charge in [-0.1, -0.05) is 23.7 Å². The Labute approximate surface area is 225 Å². The molecule has 10 heteroatoms. The molecule has 3 aromatic rings. The molecule has 38 heavy (non-hydrogen) atoms. The summed E-state index contributed by atoms with van der Waals surface area (Å²) in [7, 11) is 0. The number of nitrogens with zero attached hydrogens (tertiary/aromatic N) is 2. The van der Waals surface area contributed by atoms with Crippen LogP contribution in [0.25, 0.3) is 6.08 Å². The first-order valence-corrected chi connectivity index (χ1v) is 12.3. The number of halogens is 1. The van der Waals surface area contributed by atoms with E-state index in [9.17, 15) is 9.59 Å². The molecular formula is C28H28ClN5O4. The number of aromatic nitrogens is 2. The third kappa shape index (κ3) is 7.10. The van der Waals surface area contributed by atoms with Gasteiger partial charge in [-0.15, -0.1) is 0 Å². The minimum atomic E-state index is -1.01. The minimum absolute atomic E-state index is 0.192. The molecule has 4 N–H and O–H groups in total. The van der Waals surface area contributed by atoms with Gasteiger partial charge in [0.25, 0.3) is 5.91 Å². The number of amides is 1. The largest absolute Gasteiger partial charge is 0.478 e. The molecule has 0 radical (unpaired) electrons. The van der Waals surface area contributed by atoms with Gasteiger partial charge in [0.15, 0.2) is 0 Å². The SMILES string of the molecule is CC(C)(C)NC(=O)c1cccc(Oc2ccc(Nc3ncnc4c3C=C(/C=C/C(=O)O)CCN4)cc2Cl)c1. The molecule has 1 amide bonds. The minimum Gasteiger partial charge on any atom is -0.478 e. The molecule has 1 aromatic heterocycles. The number of anilines is 3. The molecule has 9 nitrogen and oxygen atoms in total. The van der Waals surface area contributed by atoms with Crippen LogP contribution in [0, 0.1) is 0 Å². The van der Waals surface area contributed by atoms with E-state index in [2.05, 4.69) is 25.9 Å². The molecule has 196 valence electrons. The van der Waals surface area contributed by atoms with Gasteiger partial charge in [0.2, 0.25) is 0 Å². The fraction of sp³-hybridized carbons (Fsp3) is 0.214. The smallest absolute Gasteiger partial charge is 0.328 e. The third-order valence-corrected chi connectivity index (χ3v) is 5.66. The molecule has 0 unspecified atom stereocenters. The van der Waals surface area contributed by atoms with Crippen LogP contribution in [-0.2, 0) is 4.79 Å². The van der Waals surface area contributed by atoms with Crippen LogP contribution in [-0.4, -0.2) is 39.0 Å². The average molecular weight is 534 g/mol. The molecule has 0 fully saturated rings. The van der Waals surface area contributed by atoms with E-state index in [0.29, 0.717) is 57.9 Å². The molecule has 0 saturated heterocycles. The van der Waals surface area contributed by atoms with Gasteiger partial charge in [-0.2, -0.15) is 0 Å². The van der Waals surface area contributed by atoms with Crippen molar-refractivity contribution in [2.24, 2.45) is 0 Å². The molecule has 2 aromatic carbocycles. The molecule has 0 saturated carbocycles. The van der Waals surface area contributed by atoms with Gasteiger partial charge in [0.05, 0.1) is 10.6 Å². The van der Waals surface area contributed by atoms with Crippen LogP contribution in [0.15, 0.2) is 66.5 Å². The molecule has 4 rings (SSSR count). The first kappa shape index (κ1) is 26.7. The number of fused-ring (bicyclic) bond motifs is 1.